The first-order chi connectivity index (χ1) is 11.4. The number of rotatable bonds is 4. The van der Waals surface area contributed by atoms with Gasteiger partial charge < -0.3 is 14.4 Å². The quantitative estimate of drug-likeness (QED) is 0.796. The Morgan fingerprint density at radius 1 is 1.21 bits per heavy atom. The highest BCUT2D eigenvalue weighted by Crippen LogP contribution is 2.38. The predicted molar refractivity (Wildman–Crippen MR) is 96.7 cm³/mol. The average Bonchev–Trinajstić information content (AvgIpc) is 3.07. The summed E-state index contributed by atoms with van der Waals surface area (Å²) in [6.45, 7) is 1.97. The van der Waals surface area contributed by atoms with Crippen LogP contribution in [0.1, 0.15) is 26.5 Å². The van der Waals surface area contributed by atoms with Gasteiger partial charge in [0.1, 0.15) is 0 Å². The van der Waals surface area contributed by atoms with Gasteiger partial charge in [0.25, 0.3) is 0 Å². The van der Waals surface area contributed by atoms with Gasteiger partial charge in [0, 0.05) is 31.7 Å². The predicted octanol–water partition coefficient (Wildman–Crippen LogP) is 3.36. The van der Waals surface area contributed by atoms with E-state index in [1.807, 2.05) is 38.1 Å². The lowest BCUT2D eigenvalue weighted by Gasteiger charge is -2.08. The maximum Gasteiger partial charge on any atom is 0.189 e. The molecule has 0 amide bonds. The summed E-state index contributed by atoms with van der Waals surface area (Å²) in [6, 6.07) is 3.65. The summed E-state index contributed by atoms with van der Waals surface area (Å²) < 4.78 is 10.6. The standard InChI is InChI=1S/C18H20N2O3S/c1-10-16(24-18(19-10)20(2)3)8-12-6-11-7-14(22-4)15(23-5)9-13(11)17(12)21/h7-9H,6H2,1-5H3/b12-8-. The van der Waals surface area contributed by atoms with Crippen LogP contribution in [0.5, 0.6) is 11.5 Å². The molecule has 0 atom stereocenters. The van der Waals surface area contributed by atoms with Gasteiger partial charge in [0.15, 0.2) is 22.4 Å². The minimum absolute atomic E-state index is 0.0464. The molecule has 1 heterocycles. The molecule has 1 aromatic carbocycles. The summed E-state index contributed by atoms with van der Waals surface area (Å²) in [7, 11) is 7.10. The largest absolute Gasteiger partial charge is 0.493 e. The first-order valence-electron chi connectivity index (χ1n) is 7.59. The van der Waals surface area contributed by atoms with Crippen molar-refractivity contribution in [3.05, 3.63) is 39.4 Å². The Bertz CT molecular complexity index is 837. The number of aryl methyl sites for hydroxylation is 1. The zero-order chi connectivity index (χ0) is 17.4. The molecule has 0 fully saturated rings. The Morgan fingerprint density at radius 3 is 2.46 bits per heavy atom. The molecule has 0 radical (unpaired) electrons. The lowest BCUT2D eigenvalue weighted by Crippen LogP contribution is -2.07. The molecule has 0 spiro atoms. The molecule has 2 aromatic rings. The maximum atomic E-state index is 12.7. The van der Waals surface area contributed by atoms with Crippen LogP contribution >= 0.6 is 11.3 Å². The van der Waals surface area contributed by atoms with Gasteiger partial charge in [-0.25, -0.2) is 4.98 Å². The number of allylic oxidation sites excluding steroid dienone is 1. The number of ether oxygens (including phenoxy) is 2. The van der Waals surface area contributed by atoms with Gasteiger partial charge in [-0.1, -0.05) is 11.3 Å². The number of nitrogens with zero attached hydrogens (tertiary/aromatic N) is 2. The Labute approximate surface area is 145 Å². The van der Waals surface area contributed by atoms with Crippen molar-refractivity contribution < 1.29 is 14.3 Å². The number of benzene rings is 1. The maximum absolute atomic E-state index is 12.7. The normalized spacial score (nSPS) is 14.9. The van der Waals surface area contributed by atoms with Crippen LogP contribution in [0.15, 0.2) is 17.7 Å². The number of ketones is 1. The second-order valence-corrected chi connectivity index (χ2v) is 6.89. The molecule has 1 aliphatic rings. The van der Waals surface area contributed by atoms with E-state index in [9.17, 15) is 4.79 Å². The van der Waals surface area contributed by atoms with Crippen molar-refractivity contribution in [2.75, 3.05) is 33.2 Å². The first-order valence-corrected chi connectivity index (χ1v) is 8.41. The number of hydrogen-bond acceptors (Lipinski definition) is 6. The van der Waals surface area contributed by atoms with Crippen molar-refractivity contribution in [1.29, 1.82) is 0 Å². The molecular formula is C18H20N2O3S. The van der Waals surface area contributed by atoms with Crippen molar-refractivity contribution in [2.45, 2.75) is 13.3 Å². The number of methoxy groups -OCH3 is 2. The molecule has 0 unspecified atom stereocenters. The Hall–Kier alpha value is -2.34. The number of fused-ring (bicyclic) bond motifs is 1. The molecule has 3 rings (SSSR count). The summed E-state index contributed by atoms with van der Waals surface area (Å²) >= 11 is 1.59. The summed E-state index contributed by atoms with van der Waals surface area (Å²) in [5.74, 6) is 1.27. The highest BCUT2D eigenvalue weighted by molar-refractivity contribution is 7.16. The fourth-order valence-electron chi connectivity index (χ4n) is 2.73. The lowest BCUT2D eigenvalue weighted by atomic mass is 10.1. The molecule has 0 N–H and O–H groups in total. The Morgan fingerprint density at radius 2 is 1.88 bits per heavy atom. The van der Waals surface area contributed by atoms with E-state index < -0.39 is 0 Å². The van der Waals surface area contributed by atoms with E-state index in [-0.39, 0.29) is 5.78 Å². The first kappa shape index (κ1) is 16.5. The molecule has 0 saturated heterocycles. The van der Waals surface area contributed by atoms with Crippen molar-refractivity contribution >= 4 is 28.3 Å². The summed E-state index contributed by atoms with van der Waals surface area (Å²) in [6.07, 6.45) is 2.56. The van der Waals surface area contributed by atoms with Crippen LogP contribution in [0.3, 0.4) is 0 Å². The van der Waals surface area contributed by atoms with Gasteiger partial charge in [0.05, 0.1) is 24.8 Å². The topological polar surface area (TPSA) is 51.7 Å². The Kier molecular flexibility index (Phi) is 4.32. The molecule has 1 aromatic heterocycles. The van der Waals surface area contributed by atoms with Crippen LogP contribution in [-0.4, -0.2) is 39.1 Å². The number of hydrogen-bond donors (Lipinski definition) is 0. The fraction of sp³-hybridized carbons (Fsp3) is 0.333. The SMILES string of the molecule is COc1cc2c(cc1OC)C(=O)/C(=C\c1sc(N(C)C)nc1C)C2. The van der Waals surface area contributed by atoms with Crippen molar-refractivity contribution in [3.8, 4) is 11.5 Å². The molecule has 24 heavy (non-hydrogen) atoms. The molecule has 1 aliphatic carbocycles. The molecule has 0 bridgehead atoms. The second kappa shape index (κ2) is 6.28. The van der Waals surface area contributed by atoms with E-state index in [1.165, 1.54) is 0 Å². The molecule has 0 aliphatic heterocycles. The third-order valence-corrected chi connectivity index (χ3v) is 5.31. The zero-order valence-electron chi connectivity index (χ0n) is 14.5. The van der Waals surface area contributed by atoms with Crippen molar-refractivity contribution in [3.63, 3.8) is 0 Å². The average molecular weight is 344 g/mol. The van der Waals surface area contributed by atoms with Crippen LogP contribution in [-0.2, 0) is 6.42 Å². The van der Waals surface area contributed by atoms with Crippen LogP contribution in [0, 0.1) is 6.92 Å². The van der Waals surface area contributed by atoms with Gasteiger partial charge >= 0.3 is 0 Å². The van der Waals surface area contributed by atoms with E-state index in [4.69, 9.17) is 9.47 Å². The minimum atomic E-state index is 0.0464. The van der Waals surface area contributed by atoms with E-state index in [1.54, 1.807) is 31.6 Å². The van der Waals surface area contributed by atoms with E-state index in [0.717, 1.165) is 26.8 Å². The Balaban J connectivity index is 1.99. The molecular weight excluding hydrogens is 324 g/mol. The van der Waals surface area contributed by atoms with Crippen LogP contribution < -0.4 is 14.4 Å². The highest BCUT2D eigenvalue weighted by atomic mass is 32.1. The van der Waals surface area contributed by atoms with Gasteiger partial charge in [-0.2, -0.15) is 0 Å². The van der Waals surface area contributed by atoms with Crippen LogP contribution in [0.2, 0.25) is 0 Å². The molecule has 0 saturated carbocycles. The van der Waals surface area contributed by atoms with E-state index >= 15 is 0 Å². The second-order valence-electron chi connectivity index (χ2n) is 5.88. The van der Waals surface area contributed by atoms with E-state index in [0.29, 0.717) is 23.5 Å². The third-order valence-electron chi connectivity index (χ3n) is 4.04. The number of thiazole rings is 1. The molecule has 126 valence electrons. The van der Waals surface area contributed by atoms with Crippen LogP contribution in [0.25, 0.3) is 6.08 Å². The smallest absolute Gasteiger partial charge is 0.189 e. The molecule has 6 heteroatoms. The molecule has 5 nitrogen and oxygen atoms in total. The number of anilines is 1. The van der Waals surface area contributed by atoms with Gasteiger partial charge in [-0.3, -0.25) is 4.79 Å². The zero-order valence-corrected chi connectivity index (χ0v) is 15.3. The summed E-state index contributed by atoms with van der Waals surface area (Å²) in [5.41, 5.74) is 3.38. The number of Topliss-reactive ketones (excluding diaryl/α,β-unsaturated/α-hetero) is 1. The third kappa shape index (κ3) is 2.78. The van der Waals surface area contributed by atoms with Crippen molar-refractivity contribution in [2.24, 2.45) is 0 Å². The summed E-state index contributed by atoms with van der Waals surface area (Å²) in [4.78, 5) is 20.3. The number of carbonyl (C=O) groups is 1. The highest BCUT2D eigenvalue weighted by Gasteiger charge is 2.27. The van der Waals surface area contributed by atoms with Crippen molar-refractivity contribution in [1.82, 2.24) is 4.98 Å². The van der Waals surface area contributed by atoms with Gasteiger partial charge in [0.2, 0.25) is 0 Å². The number of carbonyl (C=O) groups excluding carboxylic acids is 1. The summed E-state index contributed by atoms with van der Waals surface area (Å²) in [5, 5.41) is 0.936. The lowest BCUT2D eigenvalue weighted by molar-refractivity contribution is 0.104. The monoisotopic (exact) mass is 344 g/mol. The fourth-order valence-corrected chi connectivity index (χ4v) is 3.69. The number of aromatic nitrogens is 1. The van der Waals surface area contributed by atoms with E-state index in [2.05, 4.69) is 4.98 Å². The van der Waals surface area contributed by atoms with Gasteiger partial charge in [-0.05, 0) is 30.7 Å². The van der Waals surface area contributed by atoms with Gasteiger partial charge in [-0.15, -0.1) is 0 Å². The minimum Gasteiger partial charge on any atom is -0.493 e. The van der Waals surface area contributed by atoms with Crippen LogP contribution in [0.4, 0.5) is 5.13 Å².